The zero-order valence-electron chi connectivity index (χ0n) is 15.2. The average molecular weight is 370 g/mol. The van der Waals surface area contributed by atoms with Crippen LogP contribution in [0.25, 0.3) is 0 Å². The van der Waals surface area contributed by atoms with Crippen molar-refractivity contribution < 1.29 is 13.2 Å². The molecule has 2 aliphatic rings. The third-order valence-corrected chi connectivity index (χ3v) is 6.67. The molecule has 140 valence electrons. The molecule has 2 fully saturated rings. The fourth-order valence-electron chi connectivity index (χ4n) is 3.71. The van der Waals surface area contributed by atoms with Crippen molar-refractivity contribution in [3.8, 4) is 0 Å². The molecule has 0 unspecified atom stereocenters. The molecule has 25 heavy (non-hydrogen) atoms. The van der Waals surface area contributed by atoms with Gasteiger partial charge in [-0.1, -0.05) is 0 Å². The molecule has 0 saturated carbocycles. The van der Waals surface area contributed by atoms with Gasteiger partial charge in [-0.2, -0.15) is 0 Å². The number of hydrogen-bond acceptors (Lipinski definition) is 6. The molecule has 1 aromatic heterocycles. The van der Waals surface area contributed by atoms with Gasteiger partial charge in [0.1, 0.15) is 12.2 Å². The number of amides is 2. The van der Waals surface area contributed by atoms with E-state index in [-0.39, 0.29) is 35.7 Å². The van der Waals surface area contributed by atoms with Crippen LogP contribution >= 0.6 is 0 Å². The molecule has 9 nitrogen and oxygen atoms in total. The minimum Gasteiger partial charge on any atom is -0.331 e. The Kier molecular flexibility index (Phi) is 4.76. The lowest BCUT2D eigenvalue weighted by molar-refractivity contribution is 0.0497. The van der Waals surface area contributed by atoms with Crippen molar-refractivity contribution in [2.75, 3.05) is 38.7 Å². The number of piperazine rings is 1. The molecule has 0 N–H and O–H groups in total. The predicted molar refractivity (Wildman–Crippen MR) is 92.8 cm³/mol. The van der Waals surface area contributed by atoms with Gasteiger partial charge >= 0.3 is 6.03 Å². The Balaban J connectivity index is 1.84. The average Bonchev–Trinajstić information content (AvgIpc) is 3.10. The summed E-state index contributed by atoms with van der Waals surface area (Å²) >= 11 is 0. The predicted octanol–water partition coefficient (Wildman–Crippen LogP) is -0.176. The van der Waals surface area contributed by atoms with Crippen molar-refractivity contribution in [3.05, 3.63) is 12.2 Å². The van der Waals surface area contributed by atoms with Crippen LogP contribution in [0.3, 0.4) is 0 Å². The maximum atomic E-state index is 12.4. The zero-order chi connectivity index (χ0) is 18.4. The highest BCUT2D eigenvalue weighted by Crippen LogP contribution is 2.28. The number of nitrogens with zero attached hydrogens (tertiary/aromatic N) is 6. The van der Waals surface area contributed by atoms with Crippen LogP contribution in [0.5, 0.6) is 0 Å². The van der Waals surface area contributed by atoms with Gasteiger partial charge in [0.2, 0.25) is 0 Å². The smallest absolute Gasteiger partial charge is 0.319 e. The second-order valence-corrected chi connectivity index (χ2v) is 9.45. The third-order valence-electron chi connectivity index (χ3n) is 4.97. The van der Waals surface area contributed by atoms with E-state index in [0.717, 1.165) is 5.82 Å². The molecule has 0 aliphatic carbocycles. The van der Waals surface area contributed by atoms with Crippen LogP contribution < -0.4 is 0 Å². The highest BCUT2D eigenvalue weighted by Gasteiger charge is 2.48. The molecule has 2 saturated heterocycles. The molecule has 3 rings (SSSR count). The van der Waals surface area contributed by atoms with E-state index in [4.69, 9.17) is 0 Å². The molecule has 10 heteroatoms. The third kappa shape index (κ3) is 3.50. The maximum absolute atomic E-state index is 12.4. The second-order valence-electron chi connectivity index (χ2n) is 7.30. The van der Waals surface area contributed by atoms with E-state index in [1.54, 1.807) is 25.3 Å². The minimum atomic E-state index is -3.16. The molecule has 2 aliphatic heterocycles. The molecule has 3 heterocycles. The van der Waals surface area contributed by atoms with Gasteiger partial charge in [-0.3, -0.25) is 4.90 Å². The monoisotopic (exact) mass is 370 g/mol. The van der Waals surface area contributed by atoms with Gasteiger partial charge in [-0.05, 0) is 13.8 Å². The number of sulfone groups is 1. The maximum Gasteiger partial charge on any atom is 0.319 e. The Morgan fingerprint density at radius 1 is 1.28 bits per heavy atom. The van der Waals surface area contributed by atoms with E-state index < -0.39 is 9.84 Å². The number of carbonyl (C=O) groups is 1. The summed E-state index contributed by atoms with van der Waals surface area (Å²) in [5.41, 5.74) is 0. The largest absolute Gasteiger partial charge is 0.331 e. The van der Waals surface area contributed by atoms with E-state index in [1.807, 2.05) is 4.57 Å². The molecule has 2 atom stereocenters. The van der Waals surface area contributed by atoms with E-state index in [9.17, 15) is 13.2 Å². The number of urea groups is 1. The van der Waals surface area contributed by atoms with Crippen molar-refractivity contribution in [2.45, 2.75) is 38.5 Å². The van der Waals surface area contributed by atoms with Crippen LogP contribution in [0.15, 0.2) is 6.33 Å². The van der Waals surface area contributed by atoms with Crippen LogP contribution in [0.1, 0.15) is 25.7 Å². The number of carbonyl (C=O) groups excluding carboxylic acids is 1. The van der Waals surface area contributed by atoms with E-state index in [0.29, 0.717) is 19.6 Å². The van der Waals surface area contributed by atoms with Crippen molar-refractivity contribution >= 4 is 15.9 Å². The van der Waals surface area contributed by atoms with E-state index in [2.05, 4.69) is 28.9 Å². The van der Waals surface area contributed by atoms with Gasteiger partial charge in [-0.15, -0.1) is 10.2 Å². The number of rotatable bonds is 3. The lowest BCUT2D eigenvalue weighted by Gasteiger charge is -2.44. The quantitative estimate of drug-likeness (QED) is 0.733. The first kappa shape index (κ1) is 18.1. The Bertz CT molecular complexity index is 744. The summed E-state index contributed by atoms with van der Waals surface area (Å²) in [4.78, 5) is 17.8. The minimum absolute atomic E-state index is 0.0324. The Labute approximate surface area is 148 Å². The highest BCUT2D eigenvalue weighted by atomic mass is 32.2. The first-order valence-electron chi connectivity index (χ1n) is 8.50. The summed E-state index contributed by atoms with van der Waals surface area (Å²) in [7, 11) is 0.229. The molecule has 0 aromatic carbocycles. The summed E-state index contributed by atoms with van der Waals surface area (Å²) in [5.74, 6) is 0.945. The molecule has 2 amide bonds. The van der Waals surface area contributed by atoms with Crippen LogP contribution in [-0.2, 0) is 16.4 Å². The summed E-state index contributed by atoms with van der Waals surface area (Å²) in [6, 6.07) is -0.383. The van der Waals surface area contributed by atoms with Crippen molar-refractivity contribution in [1.82, 2.24) is 29.5 Å². The van der Waals surface area contributed by atoms with Crippen molar-refractivity contribution in [2.24, 2.45) is 0 Å². The van der Waals surface area contributed by atoms with E-state index in [1.165, 1.54) is 4.90 Å². The number of aromatic nitrogens is 3. The van der Waals surface area contributed by atoms with Crippen molar-refractivity contribution in [3.63, 3.8) is 0 Å². The lowest BCUT2D eigenvalue weighted by Crippen LogP contribution is -2.61. The number of hydrogen-bond donors (Lipinski definition) is 0. The molecule has 1 aromatic rings. The van der Waals surface area contributed by atoms with Gasteiger partial charge in [-0.25, -0.2) is 13.2 Å². The normalized spacial score (nSPS) is 26.0. The van der Waals surface area contributed by atoms with Gasteiger partial charge in [0, 0.05) is 39.3 Å². The van der Waals surface area contributed by atoms with Crippen LogP contribution in [-0.4, -0.2) is 94.7 Å². The topological polar surface area (TPSA) is 91.6 Å². The summed E-state index contributed by atoms with van der Waals surface area (Å²) in [5, 5.41) is 8.18. The van der Waals surface area contributed by atoms with Gasteiger partial charge in [0.15, 0.2) is 9.84 Å². The molecule has 0 bridgehead atoms. The number of fused-ring (bicyclic) bond motifs is 1. The highest BCUT2D eigenvalue weighted by molar-refractivity contribution is 7.91. The standard InChI is InChI=1S/C15H26N6O3S/c1-11(2)21-10-16-17-14(21)7-19-5-6-20(15(22)18(3)4)13-9-25(23,24)8-12(13)19/h10-13H,5-9H2,1-4H3/t12-,13+/m0/s1. The van der Waals surface area contributed by atoms with Crippen LogP contribution in [0.2, 0.25) is 0 Å². The molecular weight excluding hydrogens is 344 g/mol. The van der Waals surface area contributed by atoms with Gasteiger partial charge in [0.25, 0.3) is 0 Å². The zero-order valence-corrected chi connectivity index (χ0v) is 16.0. The first-order chi connectivity index (χ1) is 11.7. The summed E-state index contributed by atoms with van der Waals surface area (Å²) < 4.78 is 26.5. The Hall–Kier alpha value is -1.68. The van der Waals surface area contributed by atoms with Gasteiger partial charge in [0.05, 0.1) is 24.1 Å². The van der Waals surface area contributed by atoms with E-state index >= 15 is 0 Å². The van der Waals surface area contributed by atoms with Crippen molar-refractivity contribution in [1.29, 1.82) is 0 Å². The van der Waals surface area contributed by atoms with Crippen LogP contribution in [0, 0.1) is 0 Å². The Morgan fingerprint density at radius 2 is 1.96 bits per heavy atom. The second kappa shape index (κ2) is 6.56. The molecule has 0 spiro atoms. The fraction of sp³-hybridized carbons (Fsp3) is 0.800. The summed E-state index contributed by atoms with van der Waals surface area (Å²) in [6.45, 7) is 5.80. The lowest BCUT2D eigenvalue weighted by atomic mass is 10.1. The fourth-order valence-corrected chi connectivity index (χ4v) is 5.72. The molecule has 0 radical (unpaired) electrons. The first-order valence-corrected chi connectivity index (χ1v) is 10.3. The SMILES string of the molecule is CC(C)n1cnnc1CN1CCN(C(=O)N(C)C)[C@@H]2CS(=O)(=O)C[C@@H]21. The van der Waals surface area contributed by atoms with Gasteiger partial charge < -0.3 is 14.4 Å². The van der Waals surface area contributed by atoms with Crippen LogP contribution in [0.4, 0.5) is 4.79 Å². The Morgan fingerprint density at radius 3 is 2.60 bits per heavy atom. The summed E-state index contributed by atoms with van der Waals surface area (Å²) in [6.07, 6.45) is 1.70. The molecular formula is C15H26N6O3S.